The molecule has 3 N–H and O–H groups in total. The molecule has 0 atom stereocenters. The number of hydrogen-bond acceptors (Lipinski definition) is 3. The summed E-state index contributed by atoms with van der Waals surface area (Å²) in [6.07, 6.45) is 2.43. The van der Waals surface area contributed by atoms with Crippen molar-refractivity contribution in [3.63, 3.8) is 0 Å². The monoisotopic (exact) mass is 242 g/mol. The molecular weight excluding hydrogens is 228 g/mol. The van der Waals surface area contributed by atoms with Gasteiger partial charge in [-0.05, 0) is 44.1 Å². The third kappa shape index (κ3) is 3.03. The Labute approximate surface area is 99.6 Å². The van der Waals surface area contributed by atoms with Crippen LogP contribution >= 0.6 is 23.4 Å². The predicted molar refractivity (Wildman–Crippen MR) is 67.6 cm³/mol. The van der Waals surface area contributed by atoms with Crippen LogP contribution in [0.4, 0.5) is 5.69 Å². The number of nitrogens with two attached hydrogens (primary N) is 1. The summed E-state index contributed by atoms with van der Waals surface area (Å²) in [5.74, 6) is 0. The summed E-state index contributed by atoms with van der Waals surface area (Å²) in [6, 6.07) is 5.75. The Morgan fingerprint density at radius 3 is 2.73 bits per heavy atom. The van der Waals surface area contributed by atoms with Gasteiger partial charge in [0.15, 0.2) is 0 Å². The average Bonchev–Trinajstić information content (AvgIpc) is 2.24. The lowest BCUT2D eigenvalue weighted by Crippen LogP contribution is -2.29. The summed E-state index contributed by atoms with van der Waals surface area (Å²) in [5.41, 5.74) is 6.71. The summed E-state index contributed by atoms with van der Waals surface area (Å²) >= 11 is 7.74. The summed E-state index contributed by atoms with van der Waals surface area (Å²) in [5, 5.41) is 4.76. The molecule has 82 valence electrons. The van der Waals surface area contributed by atoms with E-state index in [9.17, 15) is 0 Å². The van der Waals surface area contributed by atoms with Crippen molar-refractivity contribution in [3.8, 4) is 0 Å². The first-order chi connectivity index (χ1) is 7.25. The van der Waals surface area contributed by atoms with Gasteiger partial charge in [0.1, 0.15) is 0 Å². The minimum absolute atomic E-state index is 0.690. The normalized spacial score (nSPS) is 17.9. The lowest BCUT2D eigenvalue weighted by Gasteiger charge is -2.22. The lowest BCUT2D eigenvalue weighted by molar-refractivity contribution is 0.531. The van der Waals surface area contributed by atoms with E-state index in [0.717, 1.165) is 23.7 Å². The molecule has 0 aliphatic carbocycles. The van der Waals surface area contributed by atoms with Gasteiger partial charge in [-0.2, -0.15) is 0 Å². The molecule has 1 saturated heterocycles. The van der Waals surface area contributed by atoms with Crippen LogP contribution in [0.5, 0.6) is 0 Å². The fourth-order valence-corrected chi connectivity index (χ4v) is 3.07. The smallest absolute Gasteiger partial charge is 0.0467 e. The van der Waals surface area contributed by atoms with Crippen LogP contribution in [-0.2, 0) is 0 Å². The van der Waals surface area contributed by atoms with Gasteiger partial charge >= 0.3 is 0 Å². The molecule has 1 aliphatic heterocycles. The predicted octanol–water partition coefficient (Wildman–Crippen LogP) is 2.77. The number of hydrogen-bond donors (Lipinski definition) is 2. The van der Waals surface area contributed by atoms with Crippen molar-refractivity contribution >= 4 is 29.1 Å². The molecule has 1 heterocycles. The maximum absolute atomic E-state index is 5.92. The Hall–Kier alpha value is -0.380. The molecule has 0 aromatic heterocycles. The van der Waals surface area contributed by atoms with Crippen LogP contribution < -0.4 is 11.1 Å². The molecule has 4 heteroatoms. The standard InChI is InChI=1S/C11H15ClN2S/c12-8-1-2-11(10(13)7-8)15-9-3-5-14-6-4-9/h1-2,7,9,14H,3-6,13H2. The van der Waals surface area contributed by atoms with E-state index >= 15 is 0 Å². The first kappa shape index (κ1) is 11.1. The van der Waals surface area contributed by atoms with E-state index in [1.165, 1.54) is 12.8 Å². The molecule has 0 radical (unpaired) electrons. The number of nitrogen functional groups attached to an aromatic ring is 1. The van der Waals surface area contributed by atoms with Crippen molar-refractivity contribution in [2.24, 2.45) is 0 Å². The summed E-state index contributed by atoms with van der Waals surface area (Å²) in [6.45, 7) is 2.23. The first-order valence-corrected chi connectivity index (χ1v) is 6.44. The van der Waals surface area contributed by atoms with E-state index in [2.05, 4.69) is 5.32 Å². The second kappa shape index (κ2) is 5.10. The molecule has 0 unspecified atom stereocenters. The van der Waals surface area contributed by atoms with Gasteiger partial charge in [-0.15, -0.1) is 11.8 Å². The molecular formula is C11H15ClN2S. The highest BCUT2D eigenvalue weighted by atomic mass is 35.5. The number of thioether (sulfide) groups is 1. The van der Waals surface area contributed by atoms with Gasteiger partial charge in [0.05, 0.1) is 0 Å². The fraction of sp³-hybridized carbons (Fsp3) is 0.455. The maximum atomic E-state index is 5.92. The van der Waals surface area contributed by atoms with Crippen LogP contribution in [0, 0.1) is 0 Å². The van der Waals surface area contributed by atoms with Crippen molar-refractivity contribution in [2.45, 2.75) is 23.0 Å². The fourth-order valence-electron chi connectivity index (χ4n) is 1.72. The van der Waals surface area contributed by atoms with Crippen molar-refractivity contribution < 1.29 is 0 Å². The van der Waals surface area contributed by atoms with Crippen LogP contribution in [0.2, 0.25) is 5.02 Å². The van der Waals surface area contributed by atoms with Crippen molar-refractivity contribution in [1.29, 1.82) is 0 Å². The maximum Gasteiger partial charge on any atom is 0.0467 e. The lowest BCUT2D eigenvalue weighted by atomic mass is 10.2. The highest BCUT2D eigenvalue weighted by molar-refractivity contribution is 8.00. The third-order valence-electron chi connectivity index (χ3n) is 2.55. The number of benzene rings is 1. The van der Waals surface area contributed by atoms with E-state index < -0.39 is 0 Å². The molecule has 0 bridgehead atoms. The number of rotatable bonds is 2. The van der Waals surface area contributed by atoms with E-state index in [1.807, 2.05) is 30.0 Å². The van der Waals surface area contributed by atoms with Crippen LogP contribution in [0.15, 0.2) is 23.1 Å². The molecule has 1 aromatic carbocycles. The highest BCUT2D eigenvalue weighted by Gasteiger charge is 2.15. The molecule has 0 spiro atoms. The van der Waals surface area contributed by atoms with E-state index in [1.54, 1.807) is 0 Å². The summed E-state index contributed by atoms with van der Waals surface area (Å²) in [4.78, 5) is 1.16. The van der Waals surface area contributed by atoms with Crippen LogP contribution in [0.3, 0.4) is 0 Å². The van der Waals surface area contributed by atoms with Crippen molar-refractivity contribution in [2.75, 3.05) is 18.8 Å². The van der Waals surface area contributed by atoms with Crippen molar-refractivity contribution in [1.82, 2.24) is 5.32 Å². The molecule has 2 nitrogen and oxygen atoms in total. The molecule has 0 saturated carbocycles. The number of halogens is 1. The molecule has 1 fully saturated rings. The Balaban J connectivity index is 2.03. The van der Waals surface area contributed by atoms with Gasteiger partial charge in [0.2, 0.25) is 0 Å². The number of piperidine rings is 1. The van der Waals surface area contributed by atoms with Crippen LogP contribution in [-0.4, -0.2) is 18.3 Å². The average molecular weight is 243 g/mol. The van der Waals surface area contributed by atoms with Crippen LogP contribution in [0.1, 0.15) is 12.8 Å². The number of anilines is 1. The minimum Gasteiger partial charge on any atom is -0.398 e. The number of nitrogens with one attached hydrogen (secondary N) is 1. The molecule has 1 aliphatic rings. The quantitative estimate of drug-likeness (QED) is 0.784. The Kier molecular flexibility index (Phi) is 3.78. The van der Waals surface area contributed by atoms with Gasteiger partial charge in [-0.1, -0.05) is 11.6 Å². The second-order valence-corrected chi connectivity index (χ2v) is 5.53. The Morgan fingerprint density at radius 2 is 2.07 bits per heavy atom. The van der Waals surface area contributed by atoms with E-state index in [4.69, 9.17) is 17.3 Å². The largest absolute Gasteiger partial charge is 0.398 e. The third-order valence-corrected chi connectivity index (χ3v) is 4.22. The Morgan fingerprint density at radius 1 is 1.33 bits per heavy atom. The summed E-state index contributed by atoms with van der Waals surface area (Å²) < 4.78 is 0. The molecule has 0 amide bonds. The minimum atomic E-state index is 0.690. The van der Waals surface area contributed by atoms with E-state index in [0.29, 0.717) is 10.3 Å². The van der Waals surface area contributed by atoms with Gasteiger partial charge in [0.25, 0.3) is 0 Å². The SMILES string of the molecule is Nc1cc(Cl)ccc1SC1CCNCC1. The van der Waals surface area contributed by atoms with Gasteiger partial charge < -0.3 is 11.1 Å². The summed E-state index contributed by atoms with van der Waals surface area (Å²) in [7, 11) is 0. The molecule has 15 heavy (non-hydrogen) atoms. The van der Waals surface area contributed by atoms with Gasteiger partial charge in [0, 0.05) is 20.9 Å². The van der Waals surface area contributed by atoms with Crippen LogP contribution in [0.25, 0.3) is 0 Å². The molecule has 2 rings (SSSR count). The Bertz CT molecular complexity index is 337. The first-order valence-electron chi connectivity index (χ1n) is 5.18. The molecule has 1 aromatic rings. The van der Waals surface area contributed by atoms with E-state index in [-0.39, 0.29) is 0 Å². The second-order valence-electron chi connectivity index (χ2n) is 3.75. The van der Waals surface area contributed by atoms with Crippen molar-refractivity contribution in [3.05, 3.63) is 23.2 Å². The van der Waals surface area contributed by atoms with Gasteiger partial charge in [-0.25, -0.2) is 0 Å². The zero-order valence-corrected chi connectivity index (χ0v) is 10.1. The zero-order valence-electron chi connectivity index (χ0n) is 8.50. The topological polar surface area (TPSA) is 38.0 Å². The van der Waals surface area contributed by atoms with Gasteiger partial charge in [-0.3, -0.25) is 0 Å². The highest BCUT2D eigenvalue weighted by Crippen LogP contribution is 2.33. The zero-order chi connectivity index (χ0) is 10.7.